The van der Waals surface area contributed by atoms with E-state index >= 15 is 0 Å². The van der Waals surface area contributed by atoms with Crippen molar-refractivity contribution in [2.24, 2.45) is 0 Å². The maximum Gasteiger partial charge on any atom is 0.276 e. The van der Waals surface area contributed by atoms with Crippen LogP contribution in [-0.4, -0.2) is 50.4 Å². The molecule has 7 nitrogen and oxygen atoms in total. The molecule has 3 aromatic heterocycles. The Balaban J connectivity index is 1.33. The average Bonchev–Trinajstić information content (AvgIpc) is 3.47. The van der Waals surface area contributed by atoms with Gasteiger partial charge in [0.1, 0.15) is 28.0 Å². The van der Waals surface area contributed by atoms with Crippen LogP contribution in [0.2, 0.25) is 5.02 Å². The standard InChI is InChI=1S/C25H24ClFN6OS/c1-14(2)33-13-29-22(15-4-6-19(27)18(26)8-15)23(33)25-30-20(12-35-25)24(34)31-21-7-5-16(9-28-21)17-10-32(3)11-17/h4-9,12-14,17H,10-11H2,1-3H3,(H,28,31,34)/i3D3. The first kappa shape index (κ1) is 20.1. The molecule has 0 saturated carbocycles. The van der Waals surface area contributed by atoms with Crippen molar-refractivity contribution < 1.29 is 13.3 Å². The van der Waals surface area contributed by atoms with Gasteiger partial charge in [-0.2, -0.15) is 0 Å². The van der Waals surface area contributed by atoms with Gasteiger partial charge >= 0.3 is 0 Å². The van der Waals surface area contributed by atoms with Crippen molar-refractivity contribution in [1.29, 1.82) is 0 Å². The van der Waals surface area contributed by atoms with E-state index in [-0.39, 0.29) is 22.7 Å². The molecule has 10 heteroatoms. The van der Waals surface area contributed by atoms with E-state index in [0.717, 1.165) is 5.56 Å². The number of likely N-dealkylation sites (N-methyl/N-ethyl adjacent to an activating group) is 1. The number of aromatic nitrogens is 4. The number of hydrogen-bond donors (Lipinski definition) is 1. The number of hydrogen-bond acceptors (Lipinski definition) is 6. The highest BCUT2D eigenvalue weighted by atomic mass is 35.5. The minimum Gasteiger partial charge on any atom is -0.326 e. The Morgan fingerprint density at radius 3 is 2.80 bits per heavy atom. The summed E-state index contributed by atoms with van der Waals surface area (Å²) < 4.78 is 38.0. The SMILES string of the molecule is [2H]C([2H])([2H])N1CC(c2ccc(NC(=O)c3csc(-c4c(-c5ccc(F)c(Cl)c5)ncn4C(C)C)n3)nc2)C1. The fourth-order valence-corrected chi connectivity index (χ4v) is 4.92. The Morgan fingerprint density at radius 2 is 2.11 bits per heavy atom. The number of pyridine rings is 1. The molecule has 4 heterocycles. The molecule has 0 spiro atoms. The number of nitrogens with zero attached hydrogens (tertiary/aromatic N) is 5. The lowest BCUT2D eigenvalue weighted by Gasteiger charge is -2.36. The van der Waals surface area contributed by atoms with Gasteiger partial charge in [0.2, 0.25) is 0 Å². The van der Waals surface area contributed by atoms with Crippen LogP contribution in [0.15, 0.2) is 48.2 Å². The van der Waals surface area contributed by atoms with Crippen molar-refractivity contribution in [3.63, 3.8) is 0 Å². The fraction of sp³-hybridized carbons (Fsp3) is 0.280. The summed E-state index contributed by atoms with van der Waals surface area (Å²) in [7, 11) is 0. The summed E-state index contributed by atoms with van der Waals surface area (Å²) in [4.78, 5) is 27.8. The van der Waals surface area contributed by atoms with E-state index in [0.29, 0.717) is 40.9 Å². The molecular weight excluding hydrogens is 487 g/mol. The second kappa shape index (κ2) is 9.49. The van der Waals surface area contributed by atoms with Crippen molar-refractivity contribution in [3.05, 3.63) is 70.3 Å². The Kier molecular flexibility index (Phi) is 5.45. The summed E-state index contributed by atoms with van der Waals surface area (Å²) in [5.74, 6) is -0.453. The number of thiazole rings is 1. The summed E-state index contributed by atoms with van der Waals surface area (Å²) in [5, 5.41) is 5.01. The number of likely N-dealkylation sites (tertiary alicyclic amines) is 1. The van der Waals surface area contributed by atoms with Crippen molar-refractivity contribution in [2.75, 3.05) is 25.4 Å². The lowest BCUT2D eigenvalue weighted by Crippen LogP contribution is -2.41. The molecule has 1 saturated heterocycles. The first-order chi connectivity index (χ1) is 18.0. The highest BCUT2D eigenvalue weighted by molar-refractivity contribution is 7.13. The van der Waals surface area contributed by atoms with Crippen LogP contribution >= 0.6 is 22.9 Å². The molecule has 4 aromatic rings. The minimum absolute atomic E-state index is 0.00261. The predicted molar refractivity (Wildman–Crippen MR) is 137 cm³/mol. The minimum atomic E-state index is -2.08. The first-order valence-corrected chi connectivity index (χ1v) is 12.3. The third-order valence-electron chi connectivity index (χ3n) is 5.86. The van der Waals surface area contributed by atoms with Crippen LogP contribution in [0.4, 0.5) is 10.2 Å². The van der Waals surface area contributed by atoms with Crippen LogP contribution < -0.4 is 5.32 Å². The van der Waals surface area contributed by atoms with Crippen LogP contribution in [0.3, 0.4) is 0 Å². The molecule has 5 rings (SSSR count). The van der Waals surface area contributed by atoms with Crippen molar-refractivity contribution in [2.45, 2.75) is 25.8 Å². The Bertz CT molecular complexity index is 1480. The monoisotopic (exact) mass is 513 g/mol. The van der Waals surface area contributed by atoms with Crippen molar-refractivity contribution >= 4 is 34.7 Å². The van der Waals surface area contributed by atoms with Gasteiger partial charge in [0.25, 0.3) is 5.91 Å². The van der Waals surface area contributed by atoms with Crippen LogP contribution in [-0.2, 0) is 0 Å². The highest BCUT2D eigenvalue weighted by Crippen LogP contribution is 2.36. The van der Waals surface area contributed by atoms with Gasteiger partial charge in [-0.05, 0) is 50.7 Å². The molecule has 1 aromatic carbocycles. The Hall–Kier alpha value is -3.14. The van der Waals surface area contributed by atoms with E-state index < -0.39 is 18.7 Å². The molecule has 0 radical (unpaired) electrons. The molecule has 1 aliphatic heterocycles. The molecule has 1 amide bonds. The smallest absolute Gasteiger partial charge is 0.276 e. The first-order valence-electron chi connectivity index (χ1n) is 12.5. The van der Waals surface area contributed by atoms with Crippen LogP contribution in [0.1, 0.15) is 46.0 Å². The molecule has 1 N–H and O–H groups in total. The second-order valence-corrected chi connectivity index (χ2v) is 9.91. The van der Waals surface area contributed by atoms with E-state index in [1.54, 1.807) is 30.0 Å². The topological polar surface area (TPSA) is 75.9 Å². The largest absolute Gasteiger partial charge is 0.326 e. The number of carbonyl (C=O) groups excluding carboxylic acids is 1. The summed E-state index contributed by atoms with van der Waals surface area (Å²) in [5.41, 5.74) is 3.09. The molecule has 0 bridgehead atoms. The molecule has 35 heavy (non-hydrogen) atoms. The summed E-state index contributed by atoms with van der Waals surface area (Å²) in [6, 6.07) is 8.03. The molecule has 180 valence electrons. The number of imidazole rings is 1. The quantitative estimate of drug-likeness (QED) is 0.356. The van der Waals surface area contributed by atoms with Crippen molar-refractivity contribution in [1.82, 2.24) is 24.4 Å². The van der Waals surface area contributed by atoms with E-state index in [4.69, 9.17) is 15.7 Å². The summed E-state index contributed by atoms with van der Waals surface area (Å²) >= 11 is 7.31. The number of carbonyl (C=O) groups is 1. The zero-order chi connectivity index (χ0) is 27.2. The number of benzene rings is 1. The van der Waals surface area contributed by atoms with E-state index in [2.05, 4.69) is 20.3 Å². The van der Waals surface area contributed by atoms with Crippen LogP contribution in [0.25, 0.3) is 22.0 Å². The van der Waals surface area contributed by atoms with Crippen molar-refractivity contribution in [3.8, 4) is 22.0 Å². The number of halogens is 2. The van der Waals surface area contributed by atoms with Gasteiger partial charge in [-0.1, -0.05) is 17.7 Å². The van der Waals surface area contributed by atoms with Crippen LogP contribution in [0, 0.1) is 5.82 Å². The summed E-state index contributed by atoms with van der Waals surface area (Å²) in [6.07, 6.45) is 3.35. The van der Waals surface area contributed by atoms with E-state index in [1.807, 2.05) is 24.5 Å². The Morgan fingerprint density at radius 1 is 1.29 bits per heavy atom. The lowest BCUT2D eigenvalue weighted by molar-refractivity contribution is 0.102. The number of rotatable bonds is 6. The van der Waals surface area contributed by atoms with Gasteiger partial charge < -0.3 is 14.8 Å². The fourth-order valence-electron chi connectivity index (χ4n) is 3.90. The lowest BCUT2D eigenvalue weighted by atomic mass is 9.93. The number of nitrogens with one attached hydrogen (secondary N) is 1. The summed E-state index contributed by atoms with van der Waals surface area (Å²) in [6.45, 7) is 2.83. The maximum absolute atomic E-state index is 13.7. The molecule has 0 unspecified atom stereocenters. The average molecular weight is 514 g/mol. The molecule has 1 fully saturated rings. The third kappa shape index (κ3) is 4.71. The highest BCUT2D eigenvalue weighted by Gasteiger charge is 2.25. The molecular formula is C25H24ClFN6OS. The van der Waals surface area contributed by atoms with Gasteiger partial charge in [0.05, 0.1) is 17.0 Å². The Labute approximate surface area is 215 Å². The second-order valence-electron chi connectivity index (χ2n) is 8.64. The van der Waals surface area contributed by atoms with Gasteiger partial charge in [-0.25, -0.2) is 19.3 Å². The van der Waals surface area contributed by atoms with Crippen LogP contribution in [0.5, 0.6) is 0 Å². The van der Waals surface area contributed by atoms with Gasteiger partial charge in [-0.15, -0.1) is 11.3 Å². The predicted octanol–water partition coefficient (Wildman–Crippen LogP) is 5.72. The zero-order valence-corrected chi connectivity index (χ0v) is 20.6. The molecule has 1 aliphatic rings. The van der Waals surface area contributed by atoms with Gasteiger partial charge in [-0.3, -0.25) is 4.79 Å². The zero-order valence-electron chi connectivity index (χ0n) is 22.0. The molecule has 0 atom stereocenters. The molecule has 0 aliphatic carbocycles. The number of anilines is 1. The maximum atomic E-state index is 13.7. The van der Waals surface area contributed by atoms with Gasteiger partial charge in [0.15, 0.2) is 0 Å². The van der Waals surface area contributed by atoms with Gasteiger partial charge in [0, 0.05) is 46.3 Å². The third-order valence-corrected chi connectivity index (χ3v) is 7.00. The van der Waals surface area contributed by atoms with E-state index in [9.17, 15) is 9.18 Å². The van der Waals surface area contributed by atoms with E-state index in [1.165, 1.54) is 28.4 Å². The number of amides is 1. The normalized spacial score (nSPS) is 16.0.